The maximum atomic E-state index is 12.5. The first-order valence-electron chi connectivity index (χ1n) is 7.49. The van der Waals surface area contributed by atoms with Crippen molar-refractivity contribution in [3.8, 4) is 0 Å². The number of halogens is 3. The highest BCUT2D eigenvalue weighted by Crippen LogP contribution is 2.29. The van der Waals surface area contributed by atoms with Crippen molar-refractivity contribution < 1.29 is 22.4 Å². The van der Waals surface area contributed by atoms with E-state index in [0.717, 1.165) is 34.8 Å². The van der Waals surface area contributed by atoms with Crippen LogP contribution in [0.15, 0.2) is 34.7 Å². The van der Waals surface area contributed by atoms with Gasteiger partial charge in [-0.25, -0.2) is 4.79 Å². The van der Waals surface area contributed by atoms with Crippen molar-refractivity contribution in [2.24, 2.45) is 0 Å². The maximum Gasteiger partial charge on any atom is 0.416 e. The van der Waals surface area contributed by atoms with E-state index in [0.29, 0.717) is 19.5 Å². The topological polar surface area (TPSA) is 54.3 Å². The summed E-state index contributed by atoms with van der Waals surface area (Å²) < 4.78 is 42.7. The zero-order valence-corrected chi connectivity index (χ0v) is 13.5. The van der Waals surface area contributed by atoms with Crippen LogP contribution in [0.5, 0.6) is 0 Å². The minimum absolute atomic E-state index is 0.333. The second kappa shape index (κ2) is 7.42. The Morgan fingerprint density at radius 2 is 1.79 bits per heavy atom. The zero-order valence-electron chi connectivity index (χ0n) is 13.5. The summed E-state index contributed by atoms with van der Waals surface area (Å²) in [7, 11) is 0. The Hall–Kier alpha value is -2.44. The summed E-state index contributed by atoms with van der Waals surface area (Å²) in [5.41, 5.74) is 0.956. The molecule has 0 aliphatic carbocycles. The van der Waals surface area contributed by atoms with E-state index in [-0.39, 0.29) is 6.03 Å². The second-order valence-corrected chi connectivity index (χ2v) is 5.49. The number of amides is 2. The molecule has 4 nitrogen and oxygen atoms in total. The molecular weight excluding hydrogens is 321 g/mol. The van der Waals surface area contributed by atoms with Crippen molar-refractivity contribution >= 4 is 6.03 Å². The predicted octanol–water partition coefficient (Wildman–Crippen LogP) is 3.96. The smallest absolute Gasteiger partial charge is 0.416 e. The zero-order chi connectivity index (χ0) is 17.7. The molecule has 2 aromatic rings. The Morgan fingerprint density at radius 1 is 1.12 bits per heavy atom. The molecule has 2 rings (SSSR count). The summed E-state index contributed by atoms with van der Waals surface area (Å²) in [6.07, 6.45) is -3.88. The van der Waals surface area contributed by atoms with Gasteiger partial charge >= 0.3 is 12.2 Å². The molecule has 1 aromatic heterocycles. The third-order valence-corrected chi connectivity index (χ3v) is 3.56. The van der Waals surface area contributed by atoms with Gasteiger partial charge in [0.1, 0.15) is 11.5 Å². The molecule has 2 N–H and O–H groups in total. The molecule has 130 valence electrons. The first kappa shape index (κ1) is 17.9. The van der Waals surface area contributed by atoms with Crippen LogP contribution in [0, 0.1) is 13.8 Å². The minimum Gasteiger partial charge on any atom is -0.466 e. The number of benzene rings is 1. The highest BCUT2D eigenvalue weighted by molar-refractivity contribution is 5.73. The van der Waals surface area contributed by atoms with Gasteiger partial charge in [0.05, 0.1) is 5.56 Å². The van der Waals surface area contributed by atoms with Gasteiger partial charge < -0.3 is 15.1 Å². The summed E-state index contributed by atoms with van der Waals surface area (Å²) in [5, 5.41) is 5.38. The first-order chi connectivity index (χ1) is 11.3. The van der Waals surface area contributed by atoms with Crippen LogP contribution in [0.3, 0.4) is 0 Å². The molecule has 0 atom stereocenters. The van der Waals surface area contributed by atoms with Crippen LogP contribution in [-0.2, 0) is 19.1 Å². The van der Waals surface area contributed by atoms with E-state index in [1.807, 2.05) is 19.9 Å². The van der Waals surface area contributed by atoms with Gasteiger partial charge in [-0.2, -0.15) is 13.2 Å². The predicted molar refractivity (Wildman–Crippen MR) is 83.6 cm³/mol. The van der Waals surface area contributed by atoms with Crippen LogP contribution in [0.4, 0.5) is 18.0 Å². The van der Waals surface area contributed by atoms with E-state index >= 15 is 0 Å². The fourth-order valence-corrected chi connectivity index (χ4v) is 2.28. The molecule has 0 aliphatic rings. The average molecular weight is 340 g/mol. The third kappa shape index (κ3) is 5.04. The van der Waals surface area contributed by atoms with E-state index in [1.54, 1.807) is 0 Å². The highest BCUT2D eigenvalue weighted by Gasteiger charge is 2.29. The Bertz CT molecular complexity index is 691. The molecule has 0 radical (unpaired) electrons. The Balaban J connectivity index is 1.73. The Morgan fingerprint density at radius 3 is 2.33 bits per heavy atom. The molecular formula is C17H19F3N2O2. The van der Waals surface area contributed by atoms with E-state index in [1.165, 1.54) is 12.1 Å². The van der Waals surface area contributed by atoms with Crippen molar-refractivity contribution in [3.05, 3.63) is 58.5 Å². The summed E-state index contributed by atoms with van der Waals surface area (Å²) in [6, 6.07) is 6.44. The van der Waals surface area contributed by atoms with Crippen molar-refractivity contribution in [1.82, 2.24) is 10.6 Å². The molecule has 0 saturated carbocycles. The largest absolute Gasteiger partial charge is 0.466 e. The SMILES string of the molecule is Cc1cc(CNC(=O)NCCc2ccc(C(F)(F)F)cc2)c(C)o1. The molecule has 1 aromatic carbocycles. The summed E-state index contributed by atoms with van der Waals surface area (Å²) >= 11 is 0. The number of urea groups is 1. The van der Waals surface area contributed by atoms with Gasteiger partial charge in [0.15, 0.2) is 0 Å². The molecule has 24 heavy (non-hydrogen) atoms. The average Bonchev–Trinajstić information content (AvgIpc) is 2.82. The maximum absolute atomic E-state index is 12.5. The van der Waals surface area contributed by atoms with Gasteiger partial charge in [-0.15, -0.1) is 0 Å². The van der Waals surface area contributed by atoms with Gasteiger partial charge in [0.25, 0.3) is 0 Å². The van der Waals surface area contributed by atoms with Crippen LogP contribution in [0.1, 0.15) is 28.2 Å². The lowest BCUT2D eigenvalue weighted by atomic mass is 10.1. The van der Waals surface area contributed by atoms with E-state index in [9.17, 15) is 18.0 Å². The number of nitrogens with one attached hydrogen (secondary N) is 2. The fourth-order valence-electron chi connectivity index (χ4n) is 2.28. The highest BCUT2D eigenvalue weighted by atomic mass is 19.4. The fraction of sp³-hybridized carbons (Fsp3) is 0.353. The summed E-state index contributed by atoms with van der Waals surface area (Å²) in [4.78, 5) is 11.7. The lowest BCUT2D eigenvalue weighted by Gasteiger charge is -2.09. The molecule has 7 heteroatoms. The molecule has 0 fully saturated rings. The molecule has 0 spiro atoms. The summed E-state index contributed by atoms with van der Waals surface area (Å²) in [5.74, 6) is 1.55. The van der Waals surface area contributed by atoms with Crippen LogP contribution < -0.4 is 10.6 Å². The van der Waals surface area contributed by atoms with Crippen LogP contribution in [0.2, 0.25) is 0 Å². The van der Waals surface area contributed by atoms with E-state index in [4.69, 9.17) is 4.42 Å². The van der Waals surface area contributed by atoms with Gasteiger partial charge in [-0.3, -0.25) is 0 Å². The molecule has 1 heterocycles. The normalized spacial score (nSPS) is 11.4. The number of carbonyl (C=O) groups is 1. The van der Waals surface area contributed by atoms with Crippen LogP contribution in [0.25, 0.3) is 0 Å². The molecule has 0 unspecified atom stereocenters. The minimum atomic E-state index is -4.33. The van der Waals surface area contributed by atoms with Crippen molar-refractivity contribution in [3.63, 3.8) is 0 Å². The molecule has 0 aliphatic heterocycles. The van der Waals surface area contributed by atoms with E-state index < -0.39 is 11.7 Å². The lowest BCUT2D eigenvalue weighted by molar-refractivity contribution is -0.137. The standard InChI is InChI=1S/C17H19F3N2O2/c1-11-9-14(12(2)24-11)10-22-16(23)21-8-7-13-3-5-15(6-4-13)17(18,19)20/h3-6,9H,7-8,10H2,1-2H3,(H2,21,22,23). The number of furan rings is 1. The van der Waals surface area contributed by atoms with Crippen LogP contribution in [-0.4, -0.2) is 12.6 Å². The number of rotatable bonds is 5. The molecule has 2 amide bonds. The second-order valence-electron chi connectivity index (χ2n) is 5.49. The van der Waals surface area contributed by atoms with Gasteiger partial charge in [-0.1, -0.05) is 12.1 Å². The molecule has 0 bridgehead atoms. The van der Waals surface area contributed by atoms with E-state index in [2.05, 4.69) is 10.6 Å². The van der Waals surface area contributed by atoms with Gasteiger partial charge in [-0.05, 0) is 44.0 Å². The quantitative estimate of drug-likeness (QED) is 0.866. The van der Waals surface area contributed by atoms with Gasteiger partial charge in [0.2, 0.25) is 0 Å². The number of hydrogen-bond donors (Lipinski definition) is 2. The Kier molecular flexibility index (Phi) is 5.54. The monoisotopic (exact) mass is 340 g/mol. The van der Waals surface area contributed by atoms with Crippen molar-refractivity contribution in [2.45, 2.75) is 33.0 Å². The number of hydrogen-bond acceptors (Lipinski definition) is 2. The first-order valence-corrected chi connectivity index (χ1v) is 7.49. The number of alkyl halides is 3. The van der Waals surface area contributed by atoms with Crippen molar-refractivity contribution in [1.29, 1.82) is 0 Å². The van der Waals surface area contributed by atoms with Crippen LogP contribution >= 0.6 is 0 Å². The number of aryl methyl sites for hydroxylation is 2. The van der Waals surface area contributed by atoms with Gasteiger partial charge in [0, 0.05) is 18.7 Å². The third-order valence-electron chi connectivity index (χ3n) is 3.56. The Labute approximate surface area is 138 Å². The lowest BCUT2D eigenvalue weighted by Crippen LogP contribution is -2.36. The number of carbonyl (C=O) groups excluding carboxylic acids is 1. The molecule has 0 saturated heterocycles. The van der Waals surface area contributed by atoms with Crippen molar-refractivity contribution in [2.75, 3.05) is 6.54 Å². The summed E-state index contributed by atoms with van der Waals surface area (Å²) in [6.45, 7) is 4.35.